The van der Waals surface area contributed by atoms with Crippen LogP contribution in [-0.4, -0.2) is 10.8 Å². The predicted molar refractivity (Wildman–Crippen MR) is 55.2 cm³/mol. The number of Topliss-reactive ketones (excluding diaryl/α,β-unsaturated/α-hetero) is 1. The van der Waals surface area contributed by atoms with E-state index in [9.17, 15) is 9.18 Å². The van der Waals surface area contributed by atoms with Crippen molar-refractivity contribution in [1.29, 1.82) is 0 Å². The molecule has 0 aliphatic rings. The fourth-order valence-corrected chi connectivity index (χ4v) is 1.35. The van der Waals surface area contributed by atoms with Gasteiger partial charge in [0.15, 0.2) is 12.4 Å². The highest BCUT2D eigenvalue weighted by molar-refractivity contribution is 5.94. The molecule has 0 aliphatic heterocycles. The summed E-state index contributed by atoms with van der Waals surface area (Å²) in [6.45, 7) is 0.230. The first-order chi connectivity index (χ1) is 7.75. The number of halogens is 1. The molecule has 0 bridgehead atoms. The summed E-state index contributed by atoms with van der Waals surface area (Å²) in [6, 6.07) is 5.54. The van der Waals surface area contributed by atoms with E-state index in [4.69, 9.17) is 0 Å². The highest BCUT2D eigenvalue weighted by Gasteiger charge is 2.11. The predicted octanol–water partition coefficient (Wildman–Crippen LogP) is 1.39. The number of rotatable bonds is 3. The monoisotopic (exact) mass is 217 g/mol. The first-order valence-corrected chi connectivity index (χ1v) is 4.83. The zero-order chi connectivity index (χ0) is 11.4. The average molecular weight is 217 g/mol. The van der Waals surface area contributed by atoms with Gasteiger partial charge in [-0.1, -0.05) is 0 Å². The molecule has 0 unspecified atom stereocenters. The van der Waals surface area contributed by atoms with E-state index < -0.39 is 0 Å². The highest BCUT2D eigenvalue weighted by atomic mass is 19.1. The van der Waals surface area contributed by atoms with Crippen LogP contribution in [0.25, 0.3) is 0 Å². The Bertz CT molecular complexity index is 482. The molecule has 2 rings (SSSR count). The quantitative estimate of drug-likeness (QED) is 0.575. The third-order valence-corrected chi connectivity index (χ3v) is 2.18. The number of hydrogen-bond donors (Lipinski definition) is 0. The minimum Gasteiger partial charge on any atom is -0.287 e. The van der Waals surface area contributed by atoms with Gasteiger partial charge in [-0.2, -0.15) is 4.57 Å². The molecule has 1 aromatic heterocycles. The van der Waals surface area contributed by atoms with Crippen LogP contribution < -0.4 is 4.57 Å². The molecule has 80 valence electrons. The third-order valence-electron chi connectivity index (χ3n) is 2.18. The van der Waals surface area contributed by atoms with Gasteiger partial charge >= 0.3 is 0 Å². The molecule has 2 aromatic rings. The van der Waals surface area contributed by atoms with Gasteiger partial charge in [0.1, 0.15) is 5.82 Å². The minimum atomic E-state index is -0.340. The second-order valence-electron chi connectivity index (χ2n) is 3.35. The van der Waals surface area contributed by atoms with E-state index in [2.05, 4.69) is 4.98 Å². The Morgan fingerprint density at radius 2 is 1.81 bits per heavy atom. The van der Waals surface area contributed by atoms with Crippen molar-refractivity contribution in [2.24, 2.45) is 0 Å². The lowest BCUT2D eigenvalue weighted by molar-refractivity contribution is -0.683. The van der Waals surface area contributed by atoms with Gasteiger partial charge in [-0.25, -0.2) is 4.39 Å². The summed E-state index contributed by atoms with van der Waals surface area (Å²) >= 11 is 0. The SMILES string of the molecule is O=C(C[n+]1ccncc1)c1ccc(F)cc1. The summed E-state index contributed by atoms with van der Waals surface area (Å²) in [5.41, 5.74) is 0.505. The van der Waals surface area contributed by atoms with Crippen LogP contribution in [0.4, 0.5) is 4.39 Å². The zero-order valence-electron chi connectivity index (χ0n) is 8.51. The van der Waals surface area contributed by atoms with Crippen LogP contribution in [-0.2, 0) is 6.54 Å². The molecule has 16 heavy (non-hydrogen) atoms. The van der Waals surface area contributed by atoms with E-state index in [0.29, 0.717) is 5.56 Å². The van der Waals surface area contributed by atoms with Crippen molar-refractivity contribution in [3.63, 3.8) is 0 Å². The van der Waals surface area contributed by atoms with Crippen LogP contribution in [0.1, 0.15) is 10.4 Å². The number of hydrogen-bond acceptors (Lipinski definition) is 2. The summed E-state index contributed by atoms with van der Waals surface area (Å²) in [5.74, 6) is -0.399. The van der Waals surface area contributed by atoms with Crippen molar-refractivity contribution < 1.29 is 13.8 Å². The lowest BCUT2D eigenvalue weighted by Crippen LogP contribution is -2.37. The summed E-state index contributed by atoms with van der Waals surface area (Å²) in [7, 11) is 0. The van der Waals surface area contributed by atoms with E-state index in [1.165, 1.54) is 24.3 Å². The van der Waals surface area contributed by atoms with Gasteiger partial charge in [-0.15, -0.1) is 0 Å². The van der Waals surface area contributed by atoms with Gasteiger partial charge in [0.05, 0.1) is 12.4 Å². The summed E-state index contributed by atoms with van der Waals surface area (Å²) in [5, 5.41) is 0. The van der Waals surface area contributed by atoms with Crippen molar-refractivity contribution in [3.8, 4) is 0 Å². The molecule has 0 amide bonds. The molecule has 0 radical (unpaired) electrons. The lowest BCUT2D eigenvalue weighted by Gasteiger charge is -1.97. The molecule has 0 spiro atoms. The standard InChI is InChI=1S/C12H10FN2O/c13-11-3-1-10(2-4-11)12(16)9-15-7-5-14-6-8-15/h1-8H,9H2/q+1. The molecule has 0 saturated heterocycles. The van der Waals surface area contributed by atoms with Crippen LogP contribution in [0.5, 0.6) is 0 Å². The maximum Gasteiger partial charge on any atom is 0.227 e. The Morgan fingerprint density at radius 3 is 2.44 bits per heavy atom. The molecule has 0 N–H and O–H groups in total. The first-order valence-electron chi connectivity index (χ1n) is 4.83. The second kappa shape index (κ2) is 4.61. The van der Waals surface area contributed by atoms with Crippen molar-refractivity contribution in [1.82, 2.24) is 4.98 Å². The normalized spacial score (nSPS) is 10.1. The Balaban J connectivity index is 2.12. The van der Waals surface area contributed by atoms with Gasteiger partial charge in [0.2, 0.25) is 12.3 Å². The van der Waals surface area contributed by atoms with E-state index in [1.54, 1.807) is 29.4 Å². The fourth-order valence-electron chi connectivity index (χ4n) is 1.35. The molecular weight excluding hydrogens is 207 g/mol. The summed E-state index contributed by atoms with van der Waals surface area (Å²) in [6.07, 6.45) is 6.64. The number of ketones is 1. The van der Waals surface area contributed by atoms with Crippen LogP contribution in [0.2, 0.25) is 0 Å². The largest absolute Gasteiger partial charge is 0.287 e. The maximum absolute atomic E-state index is 12.7. The van der Waals surface area contributed by atoms with E-state index in [0.717, 1.165) is 0 Å². The molecule has 0 atom stereocenters. The molecule has 3 nitrogen and oxygen atoms in total. The van der Waals surface area contributed by atoms with Crippen LogP contribution >= 0.6 is 0 Å². The van der Waals surface area contributed by atoms with Gasteiger partial charge < -0.3 is 0 Å². The zero-order valence-corrected chi connectivity index (χ0v) is 8.51. The lowest BCUT2D eigenvalue weighted by atomic mass is 10.1. The van der Waals surface area contributed by atoms with Gasteiger partial charge in [0.25, 0.3) is 0 Å². The Kier molecular flexibility index (Phi) is 3.00. The third kappa shape index (κ3) is 2.48. The number of nitrogens with zero attached hydrogens (tertiary/aromatic N) is 2. The smallest absolute Gasteiger partial charge is 0.227 e. The topological polar surface area (TPSA) is 33.8 Å². The first kappa shape index (κ1) is 10.4. The van der Waals surface area contributed by atoms with Crippen molar-refractivity contribution in [2.45, 2.75) is 6.54 Å². The average Bonchev–Trinajstić information content (AvgIpc) is 2.31. The Hall–Kier alpha value is -2.10. The highest BCUT2D eigenvalue weighted by Crippen LogP contribution is 2.03. The van der Waals surface area contributed by atoms with Gasteiger partial charge in [-0.05, 0) is 24.3 Å². The van der Waals surface area contributed by atoms with Crippen molar-refractivity contribution in [2.75, 3.05) is 0 Å². The molecule has 0 aliphatic carbocycles. The van der Waals surface area contributed by atoms with Crippen LogP contribution in [0, 0.1) is 5.82 Å². The van der Waals surface area contributed by atoms with E-state index in [-0.39, 0.29) is 18.1 Å². The van der Waals surface area contributed by atoms with Gasteiger partial charge in [-0.3, -0.25) is 9.78 Å². The van der Waals surface area contributed by atoms with E-state index in [1.807, 2.05) is 0 Å². The Labute approximate surface area is 92.2 Å². The van der Waals surface area contributed by atoms with Gasteiger partial charge in [0, 0.05) is 5.56 Å². The molecular formula is C12H10FN2O+. The summed E-state index contributed by atoms with van der Waals surface area (Å²) < 4.78 is 14.4. The molecule has 0 saturated carbocycles. The fraction of sp³-hybridized carbons (Fsp3) is 0.0833. The number of carbonyl (C=O) groups is 1. The molecule has 4 heteroatoms. The minimum absolute atomic E-state index is 0.0591. The summed E-state index contributed by atoms with van der Waals surface area (Å²) in [4.78, 5) is 15.6. The van der Waals surface area contributed by atoms with Crippen molar-refractivity contribution in [3.05, 3.63) is 60.4 Å². The maximum atomic E-state index is 12.7. The second-order valence-corrected chi connectivity index (χ2v) is 3.35. The van der Waals surface area contributed by atoms with Crippen LogP contribution in [0.3, 0.4) is 0 Å². The number of aromatic nitrogens is 2. The molecule has 1 aromatic carbocycles. The van der Waals surface area contributed by atoms with Crippen LogP contribution in [0.15, 0.2) is 49.1 Å². The molecule has 1 heterocycles. The number of carbonyl (C=O) groups excluding carboxylic acids is 1. The van der Waals surface area contributed by atoms with Crippen molar-refractivity contribution >= 4 is 5.78 Å². The molecule has 0 fully saturated rings. The number of benzene rings is 1. The van der Waals surface area contributed by atoms with E-state index >= 15 is 0 Å². The Morgan fingerprint density at radius 1 is 1.19 bits per heavy atom.